The van der Waals surface area contributed by atoms with Crippen LogP contribution < -0.4 is 5.73 Å². The normalized spacial score (nSPS) is 24.1. The highest BCUT2D eigenvalue weighted by molar-refractivity contribution is 7.86. The molecule has 21 heavy (non-hydrogen) atoms. The third-order valence-corrected chi connectivity index (χ3v) is 6.69. The first-order valence-corrected chi connectivity index (χ1v) is 9.01. The fourth-order valence-corrected chi connectivity index (χ4v) is 4.58. The van der Waals surface area contributed by atoms with Crippen LogP contribution in [0.1, 0.15) is 33.1 Å². The molecule has 0 aromatic heterocycles. The van der Waals surface area contributed by atoms with E-state index in [0.717, 1.165) is 19.3 Å². The fourth-order valence-electron chi connectivity index (χ4n) is 2.91. The van der Waals surface area contributed by atoms with Crippen LogP contribution in [-0.2, 0) is 10.2 Å². The average molecular weight is 317 g/mol. The van der Waals surface area contributed by atoms with E-state index in [2.05, 4.69) is 4.90 Å². The first-order chi connectivity index (χ1) is 9.76. The van der Waals surface area contributed by atoms with Gasteiger partial charge in [0.25, 0.3) is 10.2 Å². The standard InChI is InChI=1S/C13H27N5O2S/c1-13(2,12(14)15)16-8-10-18(11-9-16)21(19,20)17-6-4-3-5-7-17/h3-11H2,1-2H3,(H3,14,15). The summed E-state index contributed by atoms with van der Waals surface area (Å²) in [4.78, 5) is 2.08. The van der Waals surface area contributed by atoms with Gasteiger partial charge in [0.05, 0.1) is 5.54 Å². The van der Waals surface area contributed by atoms with Gasteiger partial charge in [0.15, 0.2) is 0 Å². The van der Waals surface area contributed by atoms with Crippen LogP contribution in [0.25, 0.3) is 0 Å². The zero-order chi connectivity index (χ0) is 15.7. The molecule has 0 unspecified atom stereocenters. The molecule has 0 amide bonds. The van der Waals surface area contributed by atoms with Crippen molar-refractivity contribution in [1.29, 1.82) is 5.41 Å². The van der Waals surface area contributed by atoms with E-state index in [9.17, 15) is 8.42 Å². The van der Waals surface area contributed by atoms with E-state index in [1.54, 1.807) is 8.61 Å². The summed E-state index contributed by atoms with van der Waals surface area (Å²) in [5.41, 5.74) is 5.13. The molecule has 3 N–H and O–H groups in total. The number of hydrogen-bond donors (Lipinski definition) is 2. The van der Waals surface area contributed by atoms with Crippen LogP contribution in [0.4, 0.5) is 0 Å². The van der Waals surface area contributed by atoms with Crippen molar-refractivity contribution in [1.82, 2.24) is 13.5 Å². The summed E-state index contributed by atoms with van der Waals surface area (Å²) in [5.74, 6) is 0.120. The van der Waals surface area contributed by atoms with Gasteiger partial charge in [-0.05, 0) is 26.7 Å². The molecule has 0 radical (unpaired) electrons. The Labute approximate surface area is 127 Å². The number of amidine groups is 1. The van der Waals surface area contributed by atoms with Crippen molar-refractivity contribution in [2.75, 3.05) is 39.3 Å². The van der Waals surface area contributed by atoms with Gasteiger partial charge in [0.2, 0.25) is 0 Å². The number of piperidine rings is 1. The summed E-state index contributed by atoms with van der Waals surface area (Å²) in [5, 5.41) is 7.66. The van der Waals surface area contributed by atoms with E-state index < -0.39 is 15.7 Å². The smallest absolute Gasteiger partial charge is 0.282 e. The Hall–Kier alpha value is -0.700. The molecule has 2 saturated heterocycles. The third-order valence-electron chi connectivity index (χ3n) is 4.66. The molecule has 2 rings (SSSR count). The molecule has 8 heteroatoms. The minimum atomic E-state index is -3.32. The van der Waals surface area contributed by atoms with E-state index in [-0.39, 0.29) is 5.84 Å². The van der Waals surface area contributed by atoms with Gasteiger partial charge < -0.3 is 5.73 Å². The Morgan fingerprint density at radius 1 is 0.952 bits per heavy atom. The molecule has 2 aliphatic rings. The lowest BCUT2D eigenvalue weighted by atomic mass is 10.0. The second kappa shape index (κ2) is 6.20. The molecular weight excluding hydrogens is 290 g/mol. The molecule has 0 aliphatic carbocycles. The van der Waals surface area contributed by atoms with Crippen molar-refractivity contribution >= 4 is 16.0 Å². The predicted octanol–water partition coefficient (Wildman–Crippen LogP) is 0.0493. The van der Waals surface area contributed by atoms with Crippen molar-refractivity contribution in [2.24, 2.45) is 5.73 Å². The minimum absolute atomic E-state index is 0.120. The van der Waals surface area contributed by atoms with E-state index >= 15 is 0 Å². The lowest BCUT2D eigenvalue weighted by Crippen LogP contribution is -2.61. The Morgan fingerprint density at radius 3 is 1.90 bits per heavy atom. The zero-order valence-electron chi connectivity index (χ0n) is 13.0. The maximum absolute atomic E-state index is 12.6. The maximum atomic E-state index is 12.6. The molecule has 2 aliphatic heterocycles. The largest absolute Gasteiger partial charge is 0.386 e. The summed E-state index contributed by atoms with van der Waals surface area (Å²) in [6, 6.07) is 0. The van der Waals surface area contributed by atoms with Crippen LogP contribution >= 0.6 is 0 Å². The van der Waals surface area contributed by atoms with Crippen molar-refractivity contribution in [3.63, 3.8) is 0 Å². The predicted molar refractivity (Wildman–Crippen MR) is 83.5 cm³/mol. The summed E-state index contributed by atoms with van der Waals surface area (Å²) in [6.07, 6.45) is 3.03. The highest BCUT2D eigenvalue weighted by Gasteiger charge is 2.37. The van der Waals surface area contributed by atoms with Crippen LogP contribution in [0.5, 0.6) is 0 Å². The van der Waals surface area contributed by atoms with Crippen LogP contribution in [0, 0.1) is 5.41 Å². The average Bonchev–Trinajstić information content (AvgIpc) is 2.48. The summed E-state index contributed by atoms with van der Waals surface area (Å²) in [6.45, 7) is 7.25. The van der Waals surface area contributed by atoms with E-state index in [1.165, 1.54) is 0 Å². The van der Waals surface area contributed by atoms with E-state index in [1.807, 2.05) is 13.8 Å². The van der Waals surface area contributed by atoms with Gasteiger partial charge in [0.1, 0.15) is 5.84 Å². The molecular formula is C13H27N5O2S. The van der Waals surface area contributed by atoms with Crippen molar-refractivity contribution in [3.05, 3.63) is 0 Å². The maximum Gasteiger partial charge on any atom is 0.282 e. The van der Waals surface area contributed by atoms with Crippen molar-refractivity contribution < 1.29 is 8.42 Å². The monoisotopic (exact) mass is 317 g/mol. The van der Waals surface area contributed by atoms with Gasteiger partial charge in [-0.3, -0.25) is 10.3 Å². The Morgan fingerprint density at radius 2 is 1.43 bits per heavy atom. The van der Waals surface area contributed by atoms with Crippen LogP contribution in [0.3, 0.4) is 0 Å². The van der Waals surface area contributed by atoms with Gasteiger partial charge in [-0.15, -0.1) is 0 Å². The van der Waals surface area contributed by atoms with Crippen LogP contribution in [0.2, 0.25) is 0 Å². The highest BCUT2D eigenvalue weighted by Crippen LogP contribution is 2.21. The lowest BCUT2D eigenvalue weighted by molar-refractivity contribution is 0.117. The second-order valence-electron chi connectivity index (χ2n) is 6.33. The molecule has 0 spiro atoms. The second-order valence-corrected chi connectivity index (χ2v) is 8.25. The zero-order valence-corrected chi connectivity index (χ0v) is 13.8. The van der Waals surface area contributed by atoms with Crippen LogP contribution in [0.15, 0.2) is 0 Å². The van der Waals surface area contributed by atoms with Gasteiger partial charge >= 0.3 is 0 Å². The molecule has 7 nitrogen and oxygen atoms in total. The number of hydrogen-bond acceptors (Lipinski definition) is 4. The summed E-state index contributed by atoms with van der Waals surface area (Å²) < 4.78 is 28.4. The molecule has 0 aromatic carbocycles. The Kier molecular flexibility index (Phi) is 4.92. The first kappa shape index (κ1) is 16.7. The lowest BCUT2D eigenvalue weighted by Gasteiger charge is -2.43. The Balaban J connectivity index is 1.98. The third kappa shape index (κ3) is 3.39. The van der Waals surface area contributed by atoms with E-state index in [4.69, 9.17) is 11.1 Å². The van der Waals surface area contributed by atoms with Gasteiger partial charge in [0, 0.05) is 39.3 Å². The minimum Gasteiger partial charge on any atom is -0.386 e. The topological polar surface area (TPSA) is 93.7 Å². The molecule has 0 bridgehead atoms. The molecule has 122 valence electrons. The number of rotatable bonds is 4. The fraction of sp³-hybridized carbons (Fsp3) is 0.923. The molecule has 0 atom stereocenters. The molecule has 0 saturated carbocycles. The number of nitrogens with one attached hydrogen (secondary N) is 1. The number of piperazine rings is 1. The van der Waals surface area contributed by atoms with Crippen LogP contribution in [-0.4, -0.2) is 72.6 Å². The summed E-state index contributed by atoms with van der Waals surface area (Å²) in [7, 11) is -3.32. The summed E-state index contributed by atoms with van der Waals surface area (Å²) >= 11 is 0. The van der Waals surface area contributed by atoms with Gasteiger partial charge in [-0.25, -0.2) is 0 Å². The SMILES string of the molecule is CC(C)(C(=N)N)N1CCN(S(=O)(=O)N2CCCCC2)CC1. The molecule has 2 heterocycles. The quantitative estimate of drug-likeness (QED) is 0.566. The van der Waals surface area contributed by atoms with Crippen molar-refractivity contribution in [2.45, 2.75) is 38.6 Å². The van der Waals surface area contributed by atoms with Crippen molar-refractivity contribution in [3.8, 4) is 0 Å². The van der Waals surface area contributed by atoms with Gasteiger partial charge in [-0.2, -0.15) is 17.0 Å². The molecule has 0 aromatic rings. The van der Waals surface area contributed by atoms with E-state index in [0.29, 0.717) is 39.3 Å². The number of nitrogens with zero attached hydrogens (tertiary/aromatic N) is 3. The Bertz CT molecular complexity index is 477. The molecule has 2 fully saturated rings. The number of nitrogens with two attached hydrogens (primary N) is 1. The highest BCUT2D eigenvalue weighted by atomic mass is 32.2. The van der Waals surface area contributed by atoms with Gasteiger partial charge in [-0.1, -0.05) is 6.42 Å². The first-order valence-electron chi connectivity index (χ1n) is 7.61.